The lowest BCUT2D eigenvalue weighted by Crippen LogP contribution is -2.52. The molecule has 1 aliphatic rings. The fourth-order valence-electron chi connectivity index (χ4n) is 2.39. The third-order valence-electron chi connectivity index (χ3n) is 3.84. The quantitative estimate of drug-likeness (QED) is 0.795. The number of thioether (sulfide) groups is 1. The minimum atomic E-state index is -0.674. The molecule has 1 fully saturated rings. The van der Waals surface area contributed by atoms with Crippen LogP contribution in [0.15, 0.2) is 0 Å². The van der Waals surface area contributed by atoms with Crippen LogP contribution in [-0.4, -0.2) is 60.3 Å². The number of likely N-dealkylation sites (tertiary alicyclic amines) is 1. The third kappa shape index (κ3) is 4.14. The van der Waals surface area contributed by atoms with Gasteiger partial charge in [0.1, 0.15) is 0 Å². The van der Waals surface area contributed by atoms with Gasteiger partial charge in [0.2, 0.25) is 5.91 Å². The molecule has 0 bridgehead atoms. The fourth-order valence-corrected chi connectivity index (χ4v) is 2.77. The Labute approximate surface area is 114 Å². The van der Waals surface area contributed by atoms with Crippen molar-refractivity contribution in [1.82, 2.24) is 4.90 Å². The van der Waals surface area contributed by atoms with Crippen LogP contribution in [-0.2, 0) is 9.53 Å². The lowest BCUT2D eigenvalue weighted by molar-refractivity contribution is -0.140. The van der Waals surface area contributed by atoms with E-state index in [-0.39, 0.29) is 11.8 Å². The Morgan fingerprint density at radius 2 is 2.33 bits per heavy atom. The number of carbonyl (C=O) groups excluding carboxylic acids is 1. The topological polar surface area (TPSA) is 49.8 Å². The van der Waals surface area contributed by atoms with E-state index in [1.54, 1.807) is 18.9 Å². The molecule has 0 aromatic heterocycles. The van der Waals surface area contributed by atoms with Gasteiger partial charge in [-0.1, -0.05) is 6.92 Å². The maximum absolute atomic E-state index is 11.9. The summed E-state index contributed by atoms with van der Waals surface area (Å²) < 4.78 is 5.04. The predicted molar refractivity (Wildman–Crippen MR) is 74.8 cm³/mol. The number of amides is 1. The second-order valence-electron chi connectivity index (χ2n) is 5.08. The van der Waals surface area contributed by atoms with Gasteiger partial charge in [0.15, 0.2) is 0 Å². The van der Waals surface area contributed by atoms with Crippen LogP contribution in [0.3, 0.4) is 0 Å². The molecular weight excluding hydrogens is 250 g/mol. The Balaban J connectivity index is 2.47. The number of nitrogens with zero attached hydrogens (tertiary/aromatic N) is 1. The van der Waals surface area contributed by atoms with Gasteiger partial charge in [-0.2, -0.15) is 11.8 Å². The summed E-state index contributed by atoms with van der Waals surface area (Å²) in [5.41, 5.74) is -0.674. The molecule has 2 atom stereocenters. The van der Waals surface area contributed by atoms with Crippen LogP contribution in [0.5, 0.6) is 0 Å². The highest BCUT2D eigenvalue weighted by molar-refractivity contribution is 7.98. The monoisotopic (exact) mass is 275 g/mol. The zero-order valence-electron chi connectivity index (χ0n) is 11.6. The molecule has 106 valence electrons. The van der Waals surface area contributed by atoms with Gasteiger partial charge in [0.05, 0.1) is 5.60 Å². The average molecular weight is 275 g/mol. The van der Waals surface area contributed by atoms with Crippen molar-refractivity contribution >= 4 is 17.7 Å². The molecule has 1 rings (SSSR count). The van der Waals surface area contributed by atoms with Crippen LogP contribution in [0.25, 0.3) is 0 Å². The second kappa shape index (κ2) is 7.36. The Morgan fingerprint density at radius 1 is 1.61 bits per heavy atom. The standard InChI is InChI=1S/C13H25NO3S/c1-11-10-14(12(15)4-9-18-3)7-5-13(11,16)6-8-17-2/h11,16H,4-10H2,1-3H3/t11-,13-/m0/s1. The first-order valence-electron chi connectivity index (χ1n) is 6.51. The zero-order valence-corrected chi connectivity index (χ0v) is 12.5. The number of methoxy groups -OCH3 is 1. The van der Waals surface area contributed by atoms with Gasteiger partial charge in [-0.25, -0.2) is 0 Å². The van der Waals surface area contributed by atoms with E-state index in [9.17, 15) is 9.90 Å². The third-order valence-corrected chi connectivity index (χ3v) is 4.45. The minimum absolute atomic E-state index is 0.111. The molecule has 5 heteroatoms. The van der Waals surface area contributed by atoms with Gasteiger partial charge < -0.3 is 14.7 Å². The molecular formula is C13H25NO3S. The number of carbonyl (C=O) groups is 1. The van der Waals surface area contributed by atoms with Crippen molar-refractivity contribution in [1.29, 1.82) is 0 Å². The molecule has 1 N–H and O–H groups in total. The van der Waals surface area contributed by atoms with E-state index in [0.717, 1.165) is 5.75 Å². The molecule has 0 radical (unpaired) electrons. The predicted octanol–water partition coefficient (Wildman–Crippen LogP) is 1.38. The summed E-state index contributed by atoms with van der Waals surface area (Å²) in [7, 11) is 1.65. The van der Waals surface area contributed by atoms with Crippen molar-refractivity contribution in [3.63, 3.8) is 0 Å². The molecule has 0 saturated carbocycles. The first kappa shape index (κ1) is 15.8. The second-order valence-corrected chi connectivity index (χ2v) is 6.07. The Kier molecular flexibility index (Phi) is 6.46. The average Bonchev–Trinajstić information content (AvgIpc) is 2.37. The molecule has 0 spiro atoms. The SMILES string of the molecule is COCC[C@@]1(O)CCN(C(=O)CCSC)C[C@@H]1C. The van der Waals surface area contributed by atoms with E-state index < -0.39 is 5.60 Å². The first-order valence-corrected chi connectivity index (χ1v) is 7.91. The van der Waals surface area contributed by atoms with Gasteiger partial charge in [-0.15, -0.1) is 0 Å². The highest BCUT2D eigenvalue weighted by atomic mass is 32.2. The summed E-state index contributed by atoms with van der Waals surface area (Å²) in [6, 6.07) is 0. The van der Waals surface area contributed by atoms with Crippen LogP contribution in [0, 0.1) is 5.92 Å². The molecule has 0 unspecified atom stereocenters. The van der Waals surface area contributed by atoms with Crippen molar-refractivity contribution in [2.24, 2.45) is 5.92 Å². The van der Waals surface area contributed by atoms with E-state index in [2.05, 4.69) is 0 Å². The molecule has 1 aliphatic heterocycles. The smallest absolute Gasteiger partial charge is 0.223 e. The van der Waals surface area contributed by atoms with Crippen molar-refractivity contribution < 1.29 is 14.6 Å². The van der Waals surface area contributed by atoms with Crippen LogP contribution in [0.2, 0.25) is 0 Å². The molecule has 1 heterocycles. The van der Waals surface area contributed by atoms with Crippen LogP contribution in [0.4, 0.5) is 0 Å². The van der Waals surface area contributed by atoms with E-state index in [0.29, 0.717) is 39.0 Å². The number of rotatable bonds is 6. The summed E-state index contributed by atoms with van der Waals surface area (Å²) in [6.07, 6.45) is 3.92. The van der Waals surface area contributed by atoms with E-state index >= 15 is 0 Å². The maximum atomic E-state index is 11.9. The number of aliphatic hydroxyl groups is 1. The molecule has 18 heavy (non-hydrogen) atoms. The molecule has 0 aromatic carbocycles. The van der Waals surface area contributed by atoms with Crippen molar-refractivity contribution in [2.75, 3.05) is 38.8 Å². The molecule has 0 aliphatic carbocycles. The van der Waals surface area contributed by atoms with Crippen LogP contribution >= 0.6 is 11.8 Å². The van der Waals surface area contributed by atoms with E-state index in [1.807, 2.05) is 18.1 Å². The first-order chi connectivity index (χ1) is 8.53. The Bertz CT molecular complexity index is 275. The summed E-state index contributed by atoms with van der Waals surface area (Å²) in [6.45, 7) is 3.91. The zero-order chi connectivity index (χ0) is 13.6. The van der Waals surface area contributed by atoms with Crippen molar-refractivity contribution in [3.05, 3.63) is 0 Å². The van der Waals surface area contributed by atoms with Crippen LogP contribution in [0.1, 0.15) is 26.2 Å². The van der Waals surface area contributed by atoms with Crippen LogP contribution < -0.4 is 0 Å². The van der Waals surface area contributed by atoms with Gasteiger partial charge in [0, 0.05) is 44.9 Å². The largest absolute Gasteiger partial charge is 0.389 e. The summed E-state index contributed by atoms with van der Waals surface area (Å²) in [5, 5.41) is 10.5. The Morgan fingerprint density at radius 3 is 2.89 bits per heavy atom. The van der Waals surface area contributed by atoms with E-state index in [4.69, 9.17) is 4.74 Å². The van der Waals surface area contributed by atoms with Gasteiger partial charge in [-0.3, -0.25) is 4.79 Å². The number of piperidine rings is 1. The summed E-state index contributed by atoms with van der Waals surface area (Å²) in [4.78, 5) is 13.8. The van der Waals surface area contributed by atoms with Crippen molar-refractivity contribution in [2.45, 2.75) is 31.8 Å². The Hall–Kier alpha value is -0.260. The van der Waals surface area contributed by atoms with Crippen molar-refractivity contribution in [3.8, 4) is 0 Å². The normalized spacial score (nSPS) is 28.4. The van der Waals surface area contributed by atoms with E-state index in [1.165, 1.54) is 0 Å². The van der Waals surface area contributed by atoms with Gasteiger partial charge in [-0.05, 0) is 19.1 Å². The number of hydrogen-bond donors (Lipinski definition) is 1. The van der Waals surface area contributed by atoms with Gasteiger partial charge in [0.25, 0.3) is 0 Å². The molecule has 1 amide bonds. The number of hydrogen-bond acceptors (Lipinski definition) is 4. The number of ether oxygens (including phenoxy) is 1. The maximum Gasteiger partial charge on any atom is 0.223 e. The lowest BCUT2D eigenvalue weighted by atomic mass is 9.80. The minimum Gasteiger partial charge on any atom is -0.389 e. The molecule has 4 nitrogen and oxygen atoms in total. The molecule has 0 aromatic rings. The lowest BCUT2D eigenvalue weighted by Gasteiger charge is -2.43. The molecule has 1 saturated heterocycles. The summed E-state index contributed by atoms with van der Waals surface area (Å²) in [5.74, 6) is 1.20. The fraction of sp³-hybridized carbons (Fsp3) is 0.923. The highest BCUT2D eigenvalue weighted by Gasteiger charge is 2.39. The highest BCUT2D eigenvalue weighted by Crippen LogP contribution is 2.31. The van der Waals surface area contributed by atoms with Gasteiger partial charge >= 0.3 is 0 Å². The summed E-state index contributed by atoms with van der Waals surface area (Å²) >= 11 is 1.69.